The highest BCUT2D eigenvalue weighted by Gasteiger charge is 2.26. The summed E-state index contributed by atoms with van der Waals surface area (Å²) < 4.78 is 12.7. The molecule has 1 aromatic carbocycles. The van der Waals surface area contributed by atoms with E-state index in [1.165, 1.54) is 11.8 Å². The van der Waals surface area contributed by atoms with E-state index in [9.17, 15) is 9.59 Å². The minimum atomic E-state index is -0.692. The molecule has 0 spiro atoms. The molecule has 12 heteroatoms. The van der Waals surface area contributed by atoms with Crippen LogP contribution in [0.1, 0.15) is 43.3 Å². The quantitative estimate of drug-likeness (QED) is 0.292. The monoisotopic (exact) mass is 573 g/mol. The number of pyridine rings is 1. The number of anilines is 2. The number of amides is 2. The summed E-state index contributed by atoms with van der Waals surface area (Å²) >= 11 is 1.37. The second-order valence-corrected chi connectivity index (χ2v) is 11.5. The van der Waals surface area contributed by atoms with E-state index in [0.29, 0.717) is 38.8 Å². The van der Waals surface area contributed by atoms with Gasteiger partial charge in [0.05, 0.1) is 30.4 Å². The van der Waals surface area contributed by atoms with Crippen molar-refractivity contribution in [3.05, 3.63) is 64.6 Å². The number of hydrogen-bond acceptors (Lipinski definition) is 9. The van der Waals surface area contributed by atoms with Crippen LogP contribution in [0.15, 0.2) is 47.1 Å². The van der Waals surface area contributed by atoms with Crippen LogP contribution >= 0.6 is 11.8 Å². The Hall–Kier alpha value is -4.45. The molecule has 4 heterocycles. The first-order chi connectivity index (χ1) is 19.5. The number of benzene rings is 1. The normalized spacial score (nSPS) is 12.9. The van der Waals surface area contributed by atoms with Gasteiger partial charge in [-0.15, -0.1) is 11.8 Å². The standard InChI is InChI=1S/C29H31N7O4S/c1-16-13-30-21(17(2)23(16)39-6)14-36-24-22-20(35-36)12-18(25(37)31-19-10-8-7-9-11-19)15-41-26(22)33-27(32-24)34-28(38)40-29(3,4)5/h7-13H,14-15H2,1-6H3,(H,31,37)(H,32,33,34,38). The summed E-state index contributed by atoms with van der Waals surface area (Å²) in [7, 11) is 1.63. The number of aryl methyl sites for hydroxylation is 1. The SMILES string of the molecule is COc1c(C)cnc(Cn2nc3c4c(nc(NC(=O)OC(C)(C)C)nc42)SCC(C(=O)Nc2ccccc2)=C3)c1C. The zero-order valence-corrected chi connectivity index (χ0v) is 24.5. The highest BCUT2D eigenvalue weighted by molar-refractivity contribution is 7.99. The van der Waals surface area contributed by atoms with Gasteiger partial charge in [0.1, 0.15) is 16.4 Å². The van der Waals surface area contributed by atoms with Crippen molar-refractivity contribution in [2.75, 3.05) is 23.5 Å². The number of rotatable bonds is 6. The minimum Gasteiger partial charge on any atom is -0.496 e. The second kappa shape index (κ2) is 11.2. The Kier molecular flexibility index (Phi) is 7.68. The lowest BCUT2D eigenvalue weighted by molar-refractivity contribution is -0.112. The Labute approximate surface area is 241 Å². The molecule has 41 heavy (non-hydrogen) atoms. The van der Waals surface area contributed by atoms with Gasteiger partial charge in [0, 0.05) is 34.3 Å². The van der Waals surface area contributed by atoms with Crippen LogP contribution in [0.5, 0.6) is 5.75 Å². The number of para-hydroxylation sites is 1. The van der Waals surface area contributed by atoms with Gasteiger partial charge < -0.3 is 14.8 Å². The van der Waals surface area contributed by atoms with Crippen molar-refractivity contribution in [3.63, 3.8) is 0 Å². The van der Waals surface area contributed by atoms with Crippen LogP contribution < -0.4 is 15.4 Å². The molecule has 0 atom stereocenters. The maximum atomic E-state index is 13.2. The Bertz CT molecular complexity index is 1680. The topological polar surface area (TPSA) is 133 Å². The van der Waals surface area contributed by atoms with Crippen LogP contribution in [0.3, 0.4) is 0 Å². The van der Waals surface area contributed by atoms with Crippen molar-refractivity contribution in [1.82, 2.24) is 24.7 Å². The van der Waals surface area contributed by atoms with E-state index in [1.807, 2.05) is 44.2 Å². The van der Waals surface area contributed by atoms with E-state index < -0.39 is 11.7 Å². The van der Waals surface area contributed by atoms with Crippen LogP contribution in [0.2, 0.25) is 0 Å². The molecule has 0 saturated carbocycles. The molecular formula is C29H31N7O4S. The smallest absolute Gasteiger partial charge is 0.414 e. The number of thioether (sulfide) groups is 1. The lowest BCUT2D eigenvalue weighted by atomic mass is 10.1. The van der Waals surface area contributed by atoms with Crippen LogP contribution in [-0.2, 0) is 16.1 Å². The van der Waals surface area contributed by atoms with Gasteiger partial charge in [0.25, 0.3) is 5.91 Å². The molecule has 2 amide bonds. The van der Waals surface area contributed by atoms with Gasteiger partial charge in [0.15, 0.2) is 5.65 Å². The van der Waals surface area contributed by atoms with E-state index in [4.69, 9.17) is 14.6 Å². The van der Waals surface area contributed by atoms with Gasteiger partial charge >= 0.3 is 6.09 Å². The Morgan fingerprint density at radius 3 is 2.56 bits per heavy atom. The lowest BCUT2D eigenvalue weighted by Gasteiger charge is -2.19. The number of hydrogen-bond donors (Lipinski definition) is 2. The van der Waals surface area contributed by atoms with Crippen molar-refractivity contribution < 1.29 is 19.1 Å². The van der Waals surface area contributed by atoms with E-state index >= 15 is 0 Å². The number of carbonyl (C=O) groups excluding carboxylic acids is 2. The third kappa shape index (κ3) is 6.17. The fraction of sp³-hybridized carbons (Fsp3) is 0.310. The van der Waals surface area contributed by atoms with Crippen molar-refractivity contribution in [1.29, 1.82) is 0 Å². The first-order valence-electron chi connectivity index (χ1n) is 13.0. The van der Waals surface area contributed by atoms with Crippen molar-refractivity contribution in [2.24, 2.45) is 0 Å². The van der Waals surface area contributed by atoms with Gasteiger partial charge in [-0.3, -0.25) is 15.1 Å². The summed E-state index contributed by atoms with van der Waals surface area (Å²) in [5.41, 5.74) is 4.14. The molecule has 1 aliphatic rings. The molecule has 0 aliphatic carbocycles. The molecule has 0 unspecified atom stereocenters. The lowest BCUT2D eigenvalue weighted by Crippen LogP contribution is -2.28. The van der Waals surface area contributed by atoms with Gasteiger partial charge in [-0.25, -0.2) is 14.5 Å². The molecule has 2 N–H and O–H groups in total. The maximum Gasteiger partial charge on any atom is 0.414 e. The largest absolute Gasteiger partial charge is 0.496 e. The van der Waals surface area contributed by atoms with Crippen LogP contribution in [-0.4, -0.2) is 55.2 Å². The first kappa shape index (κ1) is 28.1. The summed E-state index contributed by atoms with van der Waals surface area (Å²) in [6, 6.07) is 9.26. The molecule has 11 nitrogen and oxygen atoms in total. The van der Waals surface area contributed by atoms with Crippen LogP contribution in [0.4, 0.5) is 16.4 Å². The number of methoxy groups -OCH3 is 1. The van der Waals surface area contributed by atoms with Gasteiger partial charge in [-0.1, -0.05) is 18.2 Å². The number of aromatic nitrogens is 5. The Morgan fingerprint density at radius 2 is 1.85 bits per heavy atom. The zero-order valence-electron chi connectivity index (χ0n) is 23.7. The molecule has 4 aromatic rings. The van der Waals surface area contributed by atoms with Crippen LogP contribution in [0.25, 0.3) is 17.1 Å². The maximum absolute atomic E-state index is 13.2. The highest BCUT2D eigenvalue weighted by Crippen LogP contribution is 2.36. The minimum absolute atomic E-state index is 0.0744. The molecule has 1 aliphatic heterocycles. The summed E-state index contributed by atoms with van der Waals surface area (Å²) in [4.78, 5) is 39.7. The third-order valence-electron chi connectivity index (χ3n) is 6.25. The number of carbonyl (C=O) groups is 2. The predicted molar refractivity (Wildman–Crippen MR) is 158 cm³/mol. The molecule has 0 radical (unpaired) electrons. The molecule has 5 rings (SSSR count). The zero-order chi connectivity index (χ0) is 29.3. The van der Waals surface area contributed by atoms with E-state index in [-0.39, 0.29) is 18.4 Å². The summed E-state index contributed by atoms with van der Waals surface area (Å²) in [5.74, 6) is 0.944. The van der Waals surface area contributed by atoms with E-state index in [0.717, 1.165) is 22.6 Å². The molecule has 0 bridgehead atoms. The van der Waals surface area contributed by atoms with Crippen molar-refractivity contribution in [3.8, 4) is 5.75 Å². The number of nitrogens with one attached hydrogen (secondary N) is 2. The third-order valence-corrected chi connectivity index (χ3v) is 7.27. The number of ether oxygens (including phenoxy) is 2. The summed E-state index contributed by atoms with van der Waals surface area (Å²) in [6.45, 7) is 9.50. The van der Waals surface area contributed by atoms with Gasteiger partial charge in [0.2, 0.25) is 5.95 Å². The molecule has 212 valence electrons. The van der Waals surface area contributed by atoms with Crippen molar-refractivity contribution in [2.45, 2.75) is 51.8 Å². The molecule has 0 fully saturated rings. The summed E-state index contributed by atoms with van der Waals surface area (Å²) in [5, 5.41) is 11.7. The Morgan fingerprint density at radius 1 is 1.10 bits per heavy atom. The van der Waals surface area contributed by atoms with Gasteiger partial charge in [-0.2, -0.15) is 10.1 Å². The fourth-order valence-corrected chi connectivity index (χ4v) is 5.42. The average molecular weight is 574 g/mol. The van der Waals surface area contributed by atoms with Crippen LogP contribution in [0, 0.1) is 13.8 Å². The predicted octanol–water partition coefficient (Wildman–Crippen LogP) is 5.37. The fourth-order valence-electron chi connectivity index (χ4n) is 4.42. The Balaban J connectivity index is 1.57. The summed E-state index contributed by atoms with van der Waals surface area (Å²) in [6.07, 6.45) is 2.85. The molecular weight excluding hydrogens is 542 g/mol. The average Bonchev–Trinajstić information content (AvgIpc) is 3.12. The molecule has 0 saturated heterocycles. The highest BCUT2D eigenvalue weighted by atomic mass is 32.2. The van der Waals surface area contributed by atoms with E-state index in [2.05, 4.69) is 25.6 Å². The van der Waals surface area contributed by atoms with E-state index in [1.54, 1.807) is 44.8 Å². The molecule has 3 aromatic heterocycles. The van der Waals surface area contributed by atoms with Gasteiger partial charge in [-0.05, 0) is 52.8 Å². The second-order valence-electron chi connectivity index (χ2n) is 10.5. The first-order valence-corrected chi connectivity index (χ1v) is 14.0. The number of nitrogens with zero attached hydrogens (tertiary/aromatic N) is 5. The van der Waals surface area contributed by atoms with Crippen molar-refractivity contribution >= 4 is 52.5 Å².